The minimum atomic E-state index is -0.0898. The summed E-state index contributed by atoms with van der Waals surface area (Å²) in [7, 11) is 1.61. The van der Waals surface area contributed by atoms with Crippen LogP contribution in [0.25, 0.3) is 11.0 Å². The van der Waals surface area contributed by atoms with E-state index in [-0.39, 0.29) is 18.0 Å². The minimum Gasteiger partial charge on any atom is -0.497 e. The largest absolute Gasteiger partial charge is 0.497 e. The fraction of sp³-hybridized carbons (Fsp3) is 0.300. The van der Waals surface area contributed by atoms with Crippen LogP contribution in [0.1, 0.15) is 18.9 Å². The monoisotopic (exact) mass is 353 g/mol. The average molecular weight is 353 g/mol. The lowest BCUT2D eigenvalue weighted by Crippen LogP contribution is -2.28. The lowest BCUT2D eigenvalue weighted by atomic mass is 10.2. The van der Waals surface area contributed by atoms with Gasteiger partial charge in [-0.25, -0.2) is 4.79 Å². The van der Waals surface area contributed by atoms with Crippen molar-refractivity contribution in [2.45, 2.75) is 33.0 Å². The molecule has 26 heavy (non-hydrogen) atoms. The molecule has 0 spiro atoms. The zero-order chi connectivity index (χ0) is 18.5. The van der Waals surface area contributed by atoms with Crippen LogP contribution in [0.3, 0.4) is 0 Å². The van der Waals surface area contributed by atoms with Gasteiger partial charge in [0.05, 0.1) is 18.1 Å². The third-order valence-electron chi connectivity index (χ3n) is 4.43. The quantitative estimate of drug-likeness (QED) is 0.710. The number of aromatic nitrogens is 2. The third kappa shape index (κ3) is 3.64. The Morgan fingerprint density at radius 3 is 2.50 bits per heavy atom. The van der Waals surface area contributed by atoms with Crippen LogP contribution in [0, 0.1) is 0 Å². The maximum atomic E-state index is 12.6. The van der Waals surface area contributed by atoms with Crippen LogP contribution >= 0.6 is 0 Å². The van der Waals surface area contributed by atoms with E-state index in [1.165, 1.54) is 0 Å². The van der Waals surface area contributed by atoms with Gasteiger partial charge in [-0.05, 0) is 36.8 Å². The van der Waals surface area contributed by atoms with Crippen molar-refractivity contribution in [3.05, 3.63) is 64.6 Å². The molecule has 0 aliphatic carbocycles. The standard InChI is InChI=1S/C20H23N3O3/c1-3-22-17-9-4-5-10-18(17)23(20(22)25)12-11-19(24)21-14-15-7-6-8-16(13-15)26-2/h4-10,13H,3,11-12,14H2,1-2H3,(H,21,24). The average Bonchev–Trinajstić information content (AvgIpc) is 2.95. The van der Waals surface area contributed by atoms with Crippen LogP contribution in [0.15, 0.2) is 53.3 Å². The Labute approximate surface area is 152 Å². The molecule has 0 fully saturated rings. The van der Waals surface area contributed by atoms with Crippen LogP contribution in [0.4, 0.5) is 0 Å². The number of hydrogen-bond donors (Lipinski definition) is 1. The van der Waals surface area contributed by atoms with E-state index in [4.69, 9.17) is 4.74 Å². The highest BCUT2D eigenvalue weighted by Gasteiger charge is 2.12. The van der Waals surface area contributed by atoms with Crippen molar-refractivity contribution in [3.8, 4) is 5.75 Å². The molecule has 6 heteroatoms. The van der Waals surface area contributed by atoms with Gasteiger partial charge in [0.2, 0.25) is 5.91 Å². The van der Waals surface area contributed by atoms with Gasteiger partial charge in [0.15, 0.2) is 0 Å². The molecule has 3 rings (SSSR count). The van der Waals surface area contributed by atoms with Crippen molar-refractivity contribution < 1.29 is 9.53 Å². The van der Waals surface area contributed by atoms with Gasteiger partial charge in [-0.2, -0.15) is 0 Å². The molecule has 6 nitrogen and oxygen atoms in total. The Balaban J connectivity index is 1.65. The van der Waals surface area contributed by atoms with Crippen LogP contribution in [0.5, 0.6) is 5.75 Å². The van der Waals surface area contributed by atoms with E-state index in [1.54, 1.807) is 16.2 Å². The first-order valence-corrected chi connectivity index (χ1v) is 8.71. The molecule has 0 bridgehead atoms. The Hall–Kier alpha value is -3.02. The number of imidazole rings is 1. The summed E-state index contributed by atoms with van der Waals surface area (Å²) in [4.78, 5) is 24.8. The number of ether oxygens (including phenoxy) is 1. The Morgan fingerprint density at radius 2 is 1.81 bits per heavy atom. The molecule has 0 atom stereocenters. The second kappa shape index (κ2) is 7.91. The number of hydrogen-bond acceptors (Lipinski definition) is 3. The number of nitrogens with one attached hydrogen (secondary N) is 1. The molecule has 1 heterocycles. The molecule has 136 valence electrons. The molecule has 3 aromatic rings. The van der Waals surface area contributed by atoms with Gasteiger partial charge in [0.1, 0.15) is 5.75 Å². The SMILES string of the molecule is CCn1c(=O)n(CCC(=O)NCc2cccc(OC)c2)c2ccccc21. The topological polar surface area (TPSA) is 65.3 Å². The summed E-state index contributed by atoms with van der Waals surface area (Å²) in [5.74, 6) is 0.670. The summed E-state index contributed by atoms with van der Waals surface area (Å²) >= 11 is 0. The van der Waals surface area contributed by atoms with E-state index >= 15 is 0 Å². The van der Waals surface area contributed by atoms with Crippen LogP contribution in [-0.2, 0) is 24.4 Å². The van der Waals surface area contributed by atoms with Gasteiger partial charge >= 0.3 is 5.69 Å². The van der Waals surface area contributed by atoms with Gasteiger partial charge < -0.3 is 10.1 Å². The molecule has 1 aromatic heterocycles. The summed E-state index contributed by atoms with van der Waals surface area (Å²) in [6.07, 6.45) is 0.252. The summed E-state index contributed by atoms with van der Waals surface area (Å²) in [6, 6.07) is 15.2. The van der Waals surface area contributed by atoms with Crippen LogP contribution in [-0.4, -0.2) is 22.2 Å². The smallest absolute Gasteiger partial charge is 0.329 e. The highest BCUT2D eigenvalue weighted by molar-refractivity contribution is 5.78. The lowest BCUT2D eigenvalue weighted by Gasteiger charge is -2.07. The molecule has 0 radical (unpaired) electrons. The third-order valence-corrected chi connectivity index (χ3v) is 4.43. The summed E-state index contributed by atoms with van der Waals surface area (Å²) in [5, 5.41) is 2.89. The molecule has 2 aromatic carbocycles. The van der Waals surface area contributed by atoms with E-state index in [2.05, 4.69) is 5.32 Å². The van der Waals surface area contributed by atoms with Gasteiger partial charge in [-0.3, -0.25) is 13.9 Å². The normalized spacial score (nSPS) is 10.8. The van der Waals surface area contributed by atoms with Crippen LogP contribution in [0.2, 0.25) is 0 Å². The van der Waals surface area contributed by atoms with Crippen molar-refractivity contribution >= 4 is 16.9 Å². The molecule has 0 saturated heterocycles. The second-order valence-corrected chi connectivity index (χ2v) is 6.05. The number of methoxy groups -OCH3 is 1. The molecule has 1 N–H and O–H groups in total. The minimum absolute atomic E-state index is 0.0747. The van der Waals surface area contributed by atoms with Gasteiger partial charge in [0, 0.05) is 26.1 Å². The second-order valence-electron chi connectivity index (χ2n) is 6.05. The number of rotatable bonds is 7. The van der Waals surface area contributed by atoms with E-state index < -0.39 is 0 Å². The molecule has 1 amide bonds. The summed E-state index contributed by atoms with van der Waals surface area (Å²) < 4.78 is 8.58. The fourth-order valence-electron chi connectivity index (χ4n) is 3.08. The molecule has 0 unspecified atom stereocenters. The number of fused-ring (bicyclic) bond motifs is 1. The molecule has 0 saturated carbocycles. The number of aryl methyl sites for hydroxylation is 2. The maximum Gasteiger partial charge on any atom is 0.329 e. The van der Waals surface area contributed by atoms with Crippen molar-refractivity contribution in [1.29, 1.82) is 0 Å². The Bertz CT molecular complexity index is 972. The molecular weight excluding hydrogens is 330 g/mol. The lowest BCUT2D eigenvalue weighted by molar-refractivity contribution is -0.121. The predicted octanol–water partition coefficient (Wildman–Crippen LogP) is 2.54. The first kappa shape index (κ1) is 17.8. The Kier molecular flexibility index (Phi) is 5.41. The molecule has 0 aliphatic heterocycles. The highest BCUT2D eigenvalue weighted by atomic mass is 16.5. The van der Waals surface area contributed by atoms with Crippen molar-refractivity contribution in [3.63, 3.8) is 0 Å². The molecule has 0 aliphatic rings. The van der Waals surface area contributed by atoms with Crippen molar-refractivity contribution in [2.24, 2.45) is 0 Å². The van der Waals surface area contributed by atoms with Crippen molar-refractivity contribution in [1.82, 2.24) is 14.5 Å². The van der Waals surface area contributed by atoms with E-state index in [1.807, 2.05) is 55.5 Å². The number of carbonyl (C=O) groups excluding carboxylic acids is 1. The first-order chi connectivity index (χ1) is 12.6. The van der Waals surface area contributed by atoms with E-state index in [0.717, 1.165) is 22.3 Å². The first-order valence-electron chi connectivity index (χ1n) is 8.71. The van der Waals surface area contributed by atoms with Crippen LogP contribution < -0.4 is 15.7 Å². The Morgan fingerprint density at radius 1 is 1.08 bits per heavy atom. The fourth-order valence-corrected chi connectivity index (χ4v) is 3.08. The molecular formula is C20H23N3O3. The number of para-hydroxylation sites is 2. The number of benzene rings is 2. The predicted molar refractivity (Wildman–Crippen MR) is 101 cm³/mol. The van der Waals surface area contributed by atoms with E-state index in [0.29, 0.717) is 19.6 Å². The van der Waals surface area contributed by atoms with Gasteiger partial charge in [-0.15, -0.1) is 0 Å². The van der Waals surface area contributed by atoms with E-state index in [9.17, 15) is 9.59 Å². The number of amides is 1. The number of nitrogens with zero attached hydrogens (tertiary/aromatic N) is 2. The van der Waals surface area contributed by atoms with Crippen molar-refractivity contribution in [2.75, 3.05) is 7.11 Å². The zero-order valence-electron chi connectivity index (χ0n) is 15.1. The highest BCUT2D eigenvalue weighted by Crippen LogP contribution is 2.14. The maximum absolute atomic E-state index is 12.6. The van der Waals surface area contributed by atoms with Gasteiger partial charge in [0.25, 0.3) is 0 Å². The zero-order valence-corrected chi connectivity index (χ0v) is 15.1. The summed E-state index contributed by atoms with van der Waals surface area (Å²) in [5.41, 5.74) is 2.66. The number of carbonyl (C=O) groups is 1. The summed E-state index contributed by atoms with van der Waals surface area (Å²) in [6.45, 7) is 3.34. The van der Waals surface area contributed by atoms with Gasteiger partial charge in [-0.1, -0.05) is 24.3 Å².